The molecule has 0 aliphatic heterocycles. The van der Waals surface area contributed by atoms with E-state index >= 15 is 0 Å². The predicted octanol–water partition coefficient (Wildman–Crippen LogP) is 1.67. The highest BCUT2D eigenvalue weighted by molar-refractivity contribution is 5.82. The summed E-state index contributed by atoms with van der Waals surface area (Å²) in [5, 5.41) is 2.03. The lowest BCUT2D eigenvalue weighted by Gasteiger charge is -2.50. The van der Waals surface area contributed by atoms with Crippen LogP contribution in [0.2, 0.25) is 0 Å². The van der Waals surface area contributed by atoms with Gasteiger partial charge in [0.2, 0.25) is 0 Å². The summed E-state index contributed by atoms with van der Waals surface area (Å²) in [6, 6.07) is -0.494. The third kappa shape index (κ3) is 2.45. The Kier molecular flexibility index (Phi) is 3.14. The van der Waals surface area contributed by atoms with Gasteiger partial charge in [0.1, 0.15) is 6.29 Å². The molecule has 0 aromatic heterocycles. The van der Waals surface area contributed by atoms with Gasteiger partial charge in [0, 0.05) is 12.5 Å². The Hall–Kier alpha value is -1.07. The summed E-state index contributed by atoms with van der Waals surface area (Å²) in [5.41, 5.74) is 0. The van der Waals surface area contributed by atoms with Gasteiger partial charge < -0.3 is 10.1 Å². The van der Waals surface area contributed by atoms with E-state index in [1.807, 2.05) is 5.32 Å². The first-order chi connectivity index (χ1) is 7.91. The Bertz CT molecular complexity index is 323. The van der Waals surface area contributed by atoms with E-state index in [-0.39, 0.29) is 12.3 Å². The number of halogens is 3. The number of hydrogen-bond donors (Lipinski definition) is 1. The molecular formula is C11H14F3NO2. The zero-order chi connectivity index (χ0) is 12.6. The van der Waals surface area contributed by atoms with Crippen LogP contribution in [0.1, 0.15) is 25.7 Å². The van der Waals surface area contributed by atoms with Crippen LogP contribution in [0, 0.1) is 17.8 Å². The van der Waals surface area contributed by atoms with Gasteiger partial charge in [-0.1, -0.05) is 0 Å². The maximum atomic E-state index is 12.1. The van der Waals surface area contributed by atoms with Crippen molar-refractivity contribution in [1.82, 2.24) is 5.32 Å². The van der Waals surface area contributed by atoms with E-state index in [0.29, 0.717) is 18.3 Å². The molecule has 3 fully saturated rings. The number of amides is 1. The Labute approximate surface area is 96.7 Å². The van der Waals surface area contributed by atoms with Crippen molar-refractivity contribution in [3.8, 4) is 0 Å². The second kappa shape index (κ2) is 4.31. The molecule has 0 aromatic carbocycles. The van der Waals surface area contributed by atoms with Crippen molar-refractivity contribution in [2.24, 2.45) is 17.8 Å². The first-order valence-corrected chi connectivity index (χ1v) is 5.73. The van der Waals surface area contributed by atoms with E-state index in [9.17, 15) is 22.8 Å². The molecule has 3 rings (SSSR count). The van der Waals surface area contributed by atoms with Gasteiger partial charge in [0.05, 0.1) is 0 Å². The molecule has 6 heteroatoms. The van der Waals surface area contributed by atoms with Crippen LogP contribution < -0.4 is 5.32 Å². The van der Waals surface area contributed by atoms with Crippen molar-refractivity contribution >= 4 is 12.2 Å². The fraction of sp³-hybridized carbons (Fsp3) is 0.818. The quantitative estimate of drug-likeness (QED) is 0.773. The van der Waals surface area contributed by atoms with Gasteiger partial charge in [-0.3, -0.25) is 4.79 Å². The van der Waals surface area contributed by atoms with Crippen molar-refractivity contribution < 1.29 is 22.8 Å². The van der Waals surface area contributed by atoms with Crippen LogP contribution in [0.3, 0.4) is 0 Å². The molecule has 3 aliphatic rings. The van der Waals surface area contributed by atoms with Crippen LogP contribution >= 0.6 is 0 Å². The molecule has 0 heterocycles. The average molecular weight is 249 g/mol. The Morgan fingerprint density at radius 3 is 2.47 bits per heavy atom. The highest BCUT2D eigenvalue weighted by Gasteiger charge is 2.48. The van der Waals surface area contributed by atoms with Crippen molar-refractivity contribution in [2.75, 3.05) is 0 Å². The molecule has 3 aliphatic carbocycles. The SMILES string of the molecule is O=CC[C@H]1C2CC(C2)C[C@@H]1NC(=O)C(F)(F)F. The normalized spacial score (nSPS) is 35.9. The van der Waals surface area contributed by atoms with Gasteiger partial charge >= 0.3 is 12.1 Å². The van der Waals surface area contributed by atoms with Gasteiger partial charge in [-0.25, -0.2) is 0 Å². The highest BCUT2D eigenvalue weighted by atomic mass is 19.4. The lowest BCUT2D eigenvalue weighted by Crippen LogP contribution is -2.55. The first-order valence-electron chi connectivity index (χ1n) is 5.73. The number of rotatable bonds is 3. The summed E-state index contributed by atoms with van der Waals surface area (Å²) in [6.07, 6.45) is -1.34. The fourth-order valence-electron chi connectivity index (χ4n) is 3.08. The molecule has 0 aromatic rings. The Morgan fingerprint density at radius 2 is 1.94 bits per heavy atom. The summed E-state index contributed by atoms with van der Waals surface area (Å²) in [6.45, 7) is 0. The fourth-order valence-corrected chi connectivity index (χ4v) is 3.08. The van der Waals surface area contributed by atoms with Crippen molar-refractivity contribution in [1.29, 1.82) is 0 Å². The second-order valence-corrected chi connectivity index (χ2v) is 4.98. The molecule has 3 nitrogen and oxygen atoms in total. The van der Waals surface area contributed by atoms with Gasteiger partial charge in [-0.15, -0.1) is 0 Å². The lowest BCUT2D eigenvalue weighted by atomic mass is 9.57. The second-order valence-electron chi connectivity index (χ2n) is 4.98. The number of carbonyl (C=O) groups excluding carboxylic acids is 2. The Balaban J connectivity index is 1.99. The minimum atomic E-state index is -4.84. The maximum Gasteiger partial charge on any atom is 0.471 e. The minimum absolute atomic E-state index is 0.121. The summed E-state index contributed by atoms with van der Waals surface area (Å²) in [7, 11) is 0. The number of alkyl halides is 3. The van der Waals surface area contributed by atoms with Gasteiger partial charge in [-0.2, -0.15) is 13.2 Å². The monoisotopic (exact) mass is 249 g/mol. The molecule has 0 unspecified atom stereocenters. The summed E-state index contributed by atoms with van der Waals surface area (Å²) in [4.78, 5) is 21.4. The predicted molar refractivity (Wildman–Crippen MR) is 53.0 cm³/mol. The number of fused-ring (bicyclic) bond motifs is 2. The van der Waals surface area contributed by atoms with Crippen molar-refractivity contribution in [3.05, 3.63) is 0 Å². The molecular weight excluding hydrogens is 235 g/mol. The molecule has 1 amide bonds. The van der Waals surface area contributed by atoms with Gasteiger partial charge in [0.15, 0.2) is 0 Å². The van der Waals surface area contributed by atoms with E-state index in [1.165, 1.54) is 0 Å². The van der Waals surface area contributed by atoms with Crippen LogP contribution in [0.4, 0.5) is 13.2 Å². The zero-order valence-electron chi connectivity index (χ0n) is 9.17. The molecule has 2 atom stereocenters. The van der Waals surface area contributed by atoms with Crippen molar-refractivity contribution in [2.45, 2.75) is 37.9 Å². The zero-order valence-corrected chi connectivity index (χ0v) is 9.17. The average Bonchev–Trinajstić information content (AvgIpc) is 2.17. The van der Waals surface area contributed by atoms with E-state index in [0.717, 1.165) is 19.1 Å². The molecule has 96 valence electrons. The first kappa shape index (κ1) is 12.4. The van der Waals surface area contributed by atoms with E-state index in [1.54, 1.807) is 0 Å². The molecule has 17 heavy (non-hydrogen) atoms. The molecule has 0 radical (unpaired) electrons. The van der Waals surface area contributed by atoms with E-state index in [2.05, 4.69) is 0 Å². The standard InChI is InChI=1S/C11H14F3NO2/c12-11(13,14)10(17)15-9-5-6-3-7(4-6)8(9)1-2-16/h2,6-9H,1,3-5H2,(H,15,17)/t6?,7?,8-,9-/m0/s1. The summed E-state index contributed by atoms with van der Waals surface area (Å²) < 4.78 is 36.4. The van der Waals surface area contributed by atoms with Gasteiger partial charge in [0.25, 0.3) is 0 Å². The number of carbonyl (C=O) groups is 2. The topological polar surface area (TPSA) is 46.2 Å². The molecule has 0 spiro atoms. The van der Waals surface area contributed by atoms with Crippen LogP contribution in [0.15, 0.2) is 0 Å². The lowest BCUT2D eigenvalue weighted by molar-refractivity contribution is -0.176. The van der Waals surface area contributed by atoms with Crippen LogP contribution in [-0.4, -0.2) is 24.4 Å². The molecule has 2 bridgehead atoms. The van der Waals surface area contributed by atoms with E-state index < -0.39 is 18.1 Å². The van der Waals surface area contributed by atoms with E-state index in [4.69, 9.17) is 0 Å². The summed E-state index contributed by atoms with van der Waals surface area (Å²) in [5.74, 6) is -1.29. The third-order valence-electron chi connectivity index (χ3n) is 3.92. The van der Waals surface area contributed by atoms with Gasteiger partial charge in [-0.05, 0) is 37.0 Å². The number of aldehydes is 1. The van der Waals surface area contributed by atoms with Crippen LogP contribution in [0.5, 0.6) is 0 Å². The van der Waals surface area contributed by atoms with Crippen molar-refractivity contribution in [3.63, 3.8) is 0 Å². The maximum absolute atomic E-state index is 12.1. The third-order valence-corrected chi connectivity index (χ3v) is 3.92. The minimum Gasteiger partial charge on any atom is -0.345 e. The van der Waals surface area contributed by atoms with Crippen LogP contribution in [0.25, 0.3) is 0 Å². The smallest absolute Gasteiger partial charge is 0.345 e. The van der Waals surface area contributed by atoms with Crippen LogP contribution in [-0.2, 0) is 9.59 Å². The Morgan fingerprint density at radius 1 is 1.29 bits per heavy atom. The molecule has 1 N–H and O–H groups in total. The number of nitrogens with one attached hydrogen (secondary N) is 1. The largest absolute Gasteiger partial charge is 0.471 e. The molecule has 0 saturated heterocycles. The highest BCUT2D eigenvalue weighted by Crippen LogP contribution is 2.50. The summed E-state index contributed by atoms with van der Waals surface area (Å²) >= 11 is 0. The molecule has 3 saturated carbocycles. The number of hydrogen-bond acceptors (Lipinski definition) is 2.